The molecule has 1 amide bonds. The SMILES string of the molecule is Cc1c(C(=O)N[C@H]2CCCc3ccccc32)sc2ncnc(N(C)C3CCCCC3)c12. The van der Waals surface area contributed by atoms with E-state index in [2.05, 4.69) is 51.5 Å². The Kier molecular flexibility index (Phi) is 5.65. The van der Waals surface area contributed by atoms with Crippen LogP contribution in [-0.2, 0) is 6.42 Å². The standard InChI is InChI=1S/C25H30N4OS/c1-16-21-23(29(2)18-11-4-3-5-12-18)26-15-27-25(21)31-22(16)24(30)28-20-14-8-10-17-9-6-7-13-19(17)20/h6-7,9,13,15,18,20H,3-5,8,10-12,14H2,1-2H3,(H,28,30)/t20-/m0/s1. The molecule has 2 aliphatic carbocycles. The van der Waals surface area contributed by atoms with Gasteiger partial charge in [-0.15, -0.1) is 11.3 Å². The molecule has 1 atom stereocenters. The van der Waals surface area contributed by atoms with E-state index in [-0.39, 0.29) is 11.9 Å². The summed E-state index contributed by atoms with van der Waals surface area (Å²) in [6, 6.07) is 9.08. The third-order valence-electron chi connectivity index (χ3n) is 7.04. The van der Waals surface area contributed by atoms with Crippen molar-refractivity contribution in [3.8, 4) is 0 Å². The molecule has 0 spiro atoms. The van der Waals surface area contributed by atoms with Gasteiger partial charge in [0.1, 0.15) is 17.0 Å². The number of rotatable bonds is 4. The molecule has 0 bridgehead atoms. The van der Waals surface area contributed by atoms with Crippen molar-refractivity contribution in [3.63, 3.8) is 0 Å². The van der Waals surface area contributed by atoms with E-state index in [9.17, 15) is 4.79 Å². The minimum atomic E-state index is 0.00784. The summed E-state index contributed by atoms with van der Waals surface area (Å²) in [5.41, 5.74) is 3.62. The summed E-state index contributed by atoms with van der Waals surface area (Å²) in [7, 11) is 2.15. The Bertz CT molecular complexity index is 1100. The maximum Gasteiger partial charge on any atom is 0.262 e. The van der Waals surface area contributed by atoms with Crippen LogP contribution in [0.5, 0.6) is 0 Å². The van der Waals surface area contributed by atoms with E-state index < -0.39 is 0 Å². The Morgan fingerprint density at radius 1 is 1.10 bits per heavy atom. The van der Waals surface area contributed by atoms with Gasteiger partial charge >= 0.3 is 0 Å². The first kappa shape index (κ1) is 20.4. The minimum absolute atomic E-state index is 0.00784. The highest BCUT2D eigenvalue weighted by atomic mass is 32.1. The van der Waals surface area contributed by atoms with Crippen LogP contribution in [0.4, 0.5) is 5.82 Å². The molecule has 0 saturated heterocycles. The number of carbonyl (C=O) groups excluding carboxylic acids is 1. The zero-order valence-electron chi connectivity index (χ0n) is 18.4. The average Bonchev–Trinajstić information content (AvgIpc) is 3.16. The fraction of sp³-hybridized carbons (Fsp3) is 0.480. The van der Waals surface area contributed by atoms with Crippen LogP contribution in [0, 0.1) is 6.92 Å². The van der Waals surface area contributed by atoms with Crippen LogP contribution in [-0.4, -0.2) is 29.0 Å². The number of anilines is 1. The molecule has 0 aliphatic heterocycles. The van der Waals surface area contributed by atoms with Gasteiger partial charge in [-0.2, -0.15) is 0 Å². The van der Waals surface area contributed by atoms with Gasteiger partial charge < -0.3 is 10.2 Å². The molecule has 2 aliphatic rings. The first-order valence-corrected chi connectivity index (χ1v) is 12.3. The smallest absolute Gasteiger partial charge is 0.262 e. The molecule has 5 nitrogen and oxygen atoms in total. The number of thiophene rings is 1. The molecule has 1 aromatic carbocycles. The number of nitrogens with one attached hydrogen (secondary N) is 1. The lowest BCUT2D eigenvalue weighted by Gasteiger charge is -2.32. The van der Waals surface area contributed by atoms with E-state index in [1.165, 1.54) is 54.6 Å². The highest BCUT2D eigenvalue weighted by molar-refractivity contribution is 7.20. The highest BCUT2D eigenvalue weighted by Crippen LogP contribution is 2.37. The Labute approximate surface area is 187 Å². The third kappa shape index (κ3) is 3.82. The number of carbonyl (C=O) groups is 1. The molecular formula is C25H30N4OS. The fourth-order valence-corrected chi connectivity index (χ4v) is 6.35. The summed E-state index contributed by atoms with van der Waals surface area (Å²) in [5.74, 6) is 0.973. The second-order valence-corrected chi connectivity index (χ2v) is 9.95. The van der Waals surface area contributed by atoms with Crippen molar-refractivity contribution in [1.29, 1.82) is 0 Å². The van der Waals surface area contributed by atoms with Crippen molar-refractivity contribution in [2.75, 3.05) is 11.9 Å². The van der Waals surface area contributed by atoms with Crippen molar-refractivity contribution in [2.45, 2.75) is 70.4 Å². The largest absolute Gasteiger partial charge is 0.356 e. The number of amides is 1. The van der Waals surface area contributed by atoms with Crippen LogP contribution in [0.3, 0.4) is 0 Å². The molecule has 1 N–H and O–H groups in total. The number of fused-ring (bicyclic) bond motifs is 2. The van der Waals surface area contributed by atoms with E-state index in [0.717, 1.165) is 45.7 Å². The molecule has 1 fully saturated rings. The second-order valence-electron chi connectivity index (χ2n) is 8.95. The molecule has 162 valence electrons. The zero-order chi connectivity index (χ0) is 21.4. The van der Waals surface area contributed by atoms with Gasteiger partial charge in [0.15, 0.2) is 0 Å². The lowest BCUT2D eigenvalue weighted by Crippen LogP contribution is -2.34. The van der Waals surface area contributed by atoms with Gasteiger partial charge in [0.2, 0.25) is 0 Å². The number of hydrogen-bond acceptors (Lipinski definition) is 5. The highest BCUT2D eigenvalue weighted by Gasteiger charge is 2.27. The molecule has 2 aromatic heterocycles. The summed E-state index contributed by atoms with van der Waals surface area (Å²) in [4.78, 5) is 26.5. The lowest BCUT2D eigenvalue weighted by atomic mass is 9.87. The molecule has 31 heavy (non-hydrogen) atoms. The molecule has 1 saturated carbocycles. The van der Waals surface area contributed by atoms with Crippen LogP contribution < -0.4 is 10.2 Å². The first-order valence-electron chi connectivity index (χ1n) is 11.5. The van der Waals surface area contributed by atoms with Crippen molar-refractivity contribution in [3.05, 3.63) is 52.2 Å². The molecular weight excluding hydrogens is 404 g/mol. The Hall–Kier alpha value is -2.47. The van der Waals surface area contributed by atoms with E-state index in [4.69, 9.17) is 0 Å². The van der Waals surface area contributed by atoms with E-state index in [0.29, 0.717) is 6.04 Å². The van der Waals surface area contributed by atoms with Crippen LogP contribution in [0.25, 0.3) is 10.2 Å². The summed E-state index contributed by atoms with van der Waals surface area (Å²) in [6.45, 7) is 2.05. The predicted octanol–water partition coefficient (Wildman–Crippen LogP) is 5.58. The van der Waals surface area contributed by atoms with Crippen molar-refractivity contribution in [1.82, 2.24) is 15.3 Å². The van der Waals surface area contributed by atoms with Crippen LogP contribution in [0.1, 0.15) is 77.3 Å². The quantitative estimate of drug-likeness (QED) is 0.583. The Morgan fingerprint density at radius 2 is 1.90 bits per heavy atom. The Balaban J connectivity index is 1.45. The van der Waals surface area contributed by atoms with E-state index in [1.54, 1.807) is 6.33 Å². The topological polar surface area (TPSA) is 58.1 Å². The summed E-state index contributed by atoms with van der Waals surface area (Å²) < 4.78 is 0. The minimum Gasteiger partial charge on any atom is -0.356 e. The van der Waals surface area contributed by atoms with Crippen LogP contribution >= 0.6 is 11.3 Å². The molecule has 6 heteroatoms. The van der Waals surface area contributed by atoms with Gasteiger partial charge in [0, 0.05) is 13.1 Å². The summed E-state index contributed by atoms with van der Waals surface area (Å²) in [6.07, 6.45) is 11.1. The number of hydrogen-bond donors (Lipinski definition) is 1. The number of nitrogens with zero attached hydrogens (tertiary/aromatic N) is 3. The summed E-state index contributed by atoms with van der Waals surface area (Å²) in [5, 5.41) is 4.35. The first-order chi connectivity index (χ1) is 15.1. The number of aryl methyl sites for hydroxylation is 2. The predicted molar refractivity (Wildman–Crippen MR) is 127 cm³/mol. The fourth-order valence-electron chi connectivity index (χ4n) is 5.31. The van der Waals surface area contributed by atoms with Gasteiger partial charge in [0.25, 0.3) is 5.91 Å². The van der Waals surface area contributed by atoms with Crippen molar-refractivity contribution < 1.29 is 4.79 Å². The molecule has 5 rings (SSSR count). The van der Waals surface area contributed by atoms with Gasteiger partial charge in [-0.05, 0) is 55.7 Å². The van der Waals surface area contributed by atoms with Crippen molar-refractivity contribution >= 4 is 33.3 Å². The van der Waals surface area contributed by atoms with Crippen LogP contribution in [0.15, 0.2) is 30.6 Å². The van der Waals surface area contributed by atoms with Gasteiger partial charge in [-0.1, -0.05) is 43.5 Å². The second kappa shape index (κ2) is 8.58. The van der Waals surface area contributed by atoms with Crippen LogP contribution in [0.2, 0.25) is 0 Å². The third-order valence-corrected chi connectivity index (χ3v) is 8.24. The molecule has 0 radical (unpaired) electrons. The Morgan fingerprint density at radius 3 is 2.74 bits per heavy atom. The van der Waals surface area contributed by atoms with Gasteiger partial charge in [-0.3, -0.25) is 4.79 Å². The normalized spacial score (nSPS) is 19.2. The maximum absolute atomic E-state index is 13.3. The molecule has 0 unspecified atom stereocenters. The van der Waals surface area contributed by atoms with Gasteiger partial charge in [0.05, 0.1) is 16.3 Å². The number of aromatic nitrogens is 2. The molecule has 3 aromatic rings. The number of benzene rings is 1. The maximum atomic E-state index is 13.3. The average molecular weight is 435 g/mol. The van der Waals surface area contributed by atoms with Gasteiger partial charge in [-0.25, -0.2) is 9.97 Å². The molecule has 2 heterocycles. The zero-order valence-corrected chi connectivity index (χ0v) is 19.2. The monoisotopic (exact) mass is 434 g/mol. The van der Waals surface area contributed by atoms with Crippen molar-refractivity contribution in [2.24, 2.45) is 0 Å². The lowest BCUT2D eigenvalue weighted by molar-refractivity contribution is 0.0936. The van der Waals surface area contributed by atoms with E-state index >= 15 is 0 Å². The van der Waals surface area contributed by atoms with E-state index in [1.807, 2.05) is 6.92 Å². The summed E-state index contributed by atoms with van der Waals surface area (Å²) >= 11 is 1.49.